The smallest absolute Gasteiger partial charge is 0.162 e. The number of hydrogen-bond acceptors (Lipinski definition) is 5. The third kappa shape index (κ3) is 4.01. The number of rotatable bonds is 7. The first-order valence-corrected chi connectivity index (χ1v) is 6.02. The predicted octanol–water partition coefficient (Wildman–Crippen LogP) is 2.48. The molecule has 18 heavy (non-hydrogen) atoms. The van der Waals surface area contributed by atoms with Crippen molar-refractivity contribution < 1.29 is 13.7 Å². The van der Waals surface area contributed by atoms with Gasteiger partial charge >= 0.3 is 0 Å². The van der Waals surface area contributed by atoms with E-state index >= 15 is 0 Å². The fourth-order valence-electron chi connectivity index (χ4n) is 1.46. The Morgan fingerprint density at radius 3 is 2.89 bits per heavy atom. The van der Waals surface area contributed by atoms with E-state index in [-0.39, 0.29) is 0 Å². The summed E-state index contributed by atoms with van der Waals surface area (Å²) < 4.78 is 15.8. The topological polar surface area (TPSA) is 60.4 Å². The number of aromatic nitrogens is 1. The third-order valence-electron chi connectivity index (χ3n) is 2.37. The molecule has 0 atom stereocenters. The molecule has 2 rings (SSSR count). The van der Waals surface area contributed by atoms with Crippen molar-refractivity contribution in [3.63, 3.8) is 0 Å². The average molecular weight is 250 g/mol. The maximum atomic E-state index is 5.46. The quantitative estimate of drug-likeness (QED) is 0.818. The zero-order chi connectivity index (χ0) is 12.8. The van der Waals surface area contributed by atoms with Crippen LogP contribution in [0.2, 0.25) is 0 Å². The Morgan fingerprint density at radius 1 is 1.33 bits per heavy atom. The lowest BCUT2D eigenvalue weighted by Gasteiger charge is -2.03. The number of furan rings is 1. The molecule has 2 heterocycles. The van der Waals surface area contributed by atoms with E-state index in [0.717, 1.165) is 17.2 Å². The average Bonchev–Trinajstić information content (AvgIpc) is 2.97. The van der Waals surface area contributed by atoms with E-state index in [2.05, 4.69) is 24.3 Å². The van der Waals surface area contributed by atoms with Crippen LogP contribution >= 0.6 is 0 Å². The van der Waals surface area contributed by atoms with Gasteiger partial charge in [-0.2, -0.15) is 0 Å². The van der Waals surface area contributed by atoms with Crippen molar-refractivity contribution in [1.82, 2.24) is 10.5 Å². The van der Waals surface area contributed by atoms with Gasteiger partial charge in [-0.25, -0.2) is 0 Å². The molecule has 0 saturated carbocycles. The number of nitrogens with one attached hydrogen (secondary N) is 1. The van der Waals surface area contributed by atoms with Crippen LogP contribution in [0, 0.1) is 0 Å². The molecular formula is C13H18N2O3. The summed E-state index contributed by atoms with van der Waals surface area (Å²) in [5, 5.41) is 7.24. The van der Waals surface area contributed by atoms with Crippen LogP contribution in [0.5, 0.6) is 0 Å². The number of nitrogens with zero attached hydrogens (tertiary/aromatic N) is 1. The standard InChI is InChI=1S/C13H18N2O3/c1-10(2)14-7-11-6-13(18-15-11)9-16-8-12-4-3-5-17-12/h3-6,10,14H,7-9H2,1-2H3. The molecule has 0 saturated heterocycles. The highest BCUT2D eigenvalue weighted by atomic mass is 16.5. The van der Waals surface area contributed by atoms with E-state index in [1.807, 2.05) is 18.2 Å². The van der Waals surface area contributed by atoms with E-state index < -0.39 is 0 Å². The lowest BCUT2D eigenvalue weighted by molar-refractivity contribution is 0.0763. The summed E-state index contributed by atoms with van der Waals surface area (Å²) in [6.07, 6.45) is 1.63. The van der Waals surface area contributed by atoms with E-state index in [1.165, 1.54) is 0 Å². The van der Waals surface area contributed by atoms with E-state index in [0.29, 0.717) is 25.8 Å². The highest BCUT2D eigenvalue weighted by Crippen LogP contribution is 2.08. The fraction of sp³-hybridized carbons (Fsp3) is 0.462. The molecule has 0 aliphatic heterocycles. The molecule has 2 aromatic rings. The summed E-state index contributed by atoms with van der Waals surface area (Å²) >= 11 is 0. The van der Waals surface area contributed by atoms with Crippen molar-refractivity contribution in [1.29, 1.82) is 0 Å². The van der Waals surface area contributed by atoms with Crippen LogP contribution in [0.3, 0.4) is 0 Å². The third-order valence-corrected chi connectivity index (χ3v) is 2.37. The van der Waals surface area contributed by atoms with Gasteiger partial charge in [0, 0.05) is 18.7 Å². The zero-order valence-corrected chi connectivity index (χ0v) is 10.7. The highest BCUT2D eigenvalue weighted by molar-refractivity contribution is 5.04. The summed E-state index contributed by atoms with van der Waals surface area (Å²) in [6, 6.07) is 6.04. The molecule has 5 heteroatoms. The van der Waals surface area contributed by atoms with Gasteiger partial charge in [-0.1, -0.05) is 19.0 Å². The van der Waals surface area contributed by atoms with Crippen LogP contribution in [0.25, 0.3) is 0 Å². The van der Waals surface area contributed by atoms with Crippen molar-refractivity contribution in [2.45, 2.75) is 39.6 Å². The van der Waals surface area contributed by atoms with Crippen LogP contribution < -0.4 is 5.32 Å². The maximum Gasteiger partial charge on any atom is 0.162 e. The molecule has 2 aromatic heterocycles. The van der Waals surface area contributed by atoms with Crippen molar-refractivity contribution >= 4 is 0 Å². The molecule has 0 aromatic carbocycles. The number of ether oxygens (including phenoxy) is 1. The monoisotopic (exact) mass is 250 g/mol. The lowest BCUT2D eigenvalue weighted by atomic mass is 10.3. The van der Waals surface area contributed by atoms with Gasteiger partial charge in [0.05, 0.1) is 12.0 Å². The fourth-order valence-corrected chi connectivity index (χ4v) is 1.46. The van der Waals surface area contributed by atoms with Gasteiger partial charge in [-0.05, 0) is 12.1 Å². The van der Waals surface area contributed by atoms with E-state index in [1.54, 1.807) is 6.26 Å². The maximum absolute atomic E-state index is 5.46. The van der Waals surface area contributed by atoms with E-state index in [9.17, 15) is 0 Å². The normalized spacial score (nSPS) is 11.3. The molecule has 0 spiro atoms. The second kappa shape index (κ2) is 6.37. The van der Waals surface area contributed by atoms with Crippen LogP contribution in [-0.4, -0.2) is 11.2 Å². The molecule has 0 aliphatic carbocycles. The second-order valence-corrected chi connectivity index (χ2v) is 4.39. The predicted molar refractivity (Wildman–Crippen MR) is 65.7 cm³/mol. The molecule has 0 radical (unpaired) electrons. The Kier molecular flexibility index (Phi) is 4.55. The zero-order valence-electron chi connectivity index (χ0n) is 10.7. The van der Waals surface area contributed by atoms with Gasteiger partial charge in [-0.15, -0.1) is 0 Å². The Hall–Kier alpha value is -1.59. The Balaban J connectivity index is 1.73. The first-order valence-electron chi connectivity index (χ1n) is 6.02. The molecule has 0 unspecified atom stereocenters. The van der Waals surface area contributed by atoms with Crippen molar-refractivity contribution in [3.05, 3.63) is 41.7 Å². The lowest BCUT2D eigenvalue weighted by Crippen LogP contribution is -2.21. The van der Waals surface area contributed by atoms with Gasteiger partial charge in [0.2, 0.25) is 0 Å². The Bertz CT molecular complexity index is 449. The van der Waals surface area contributed by atoms with Crippen LogP contribution in [0.4, 0.5) is 0 Å². The molecular weight excluding hydrogens is 232 g/mol. The summed E-state index contributed by atoms with van der Waals surface area (Å²) in [5.41, 5.74) is 0.889. The van der Waals surface area contributed by atoms with Gasteiger partial charge in [-0.3, -0.25) is 0 Å². The van der Waals surface area contributed by atoms with Crippen LogP contribution in [0.15, 0.2) is 33.4 Å². The molecule has 0 aliphatic rings. The molecule has 0 bridgehead atoms. The first-order chi connectivity index (χ1) is 8.74. The molecule has 5 nitrogen and oxygen atoms in total. The summed E-state index contributed by atoms with van der Waals surface area (Å²) in [7, 11) is 0. The molecule has 1 N–H and O–H groups in total. The minimum Gasteiger partial charge on any atom is -0.467 e. The van der Waals surface area contributed by atoms with Gasteiger partial charge < -0.3 is 19.0 Å². The molecule has 0 amide bonds. The molecule has 98 valence electrons. The van der Waals surface area contributed by atoms with Gasteiger partial charge in [0.1, 0.15) is 19.0 Å². The SMILES string of the molecule is CC(C)NCc1cc(COCc2ccco2)on1. The van der Waals surface area contributed by atoms with Gasteiger partial charge in [0.25, 0.3) is 0 Å². The van der Waals surface area contributed by atoms with E-state index in [4.69, 9.17) is 13.7 Å². The van der Waals surface area contributed by atoms with Crippen molar-refractivity contribution in [3.8, 4) is 0 Å². The van der Waals surface area contributed by atoms with Crippen molar-refractivity contribution in [2.75, 3.05) is 0 Å². The Morgan fingerprint density at radius 2 is 2.17 bits per heavy atom. The summed E-state index contributed by atoms with van der Waals surface area (Å²) in [4.78, 5) is 0. The largest absolute Gasteiger partial charge is 0.467 e. The first kappa shape index (κ1) is 12.9. The van der Waals surface area contributed by atoms with Crippen LogP contribution in [-0.2, 0) is 24.5 Å². The molecule has 0 fully saturated rings. The van der Waals surface area contributed by atoms with Crippen LogP contribution in [0.1, 0.15) is 31.1 Å². The van der Waals surface area contributed by atoms with Crippen molar-refractivity contribution in [2.24, 2.45) is 0 Å². The number of hydrogen-bond donors (Lipinski definition) is 1. The summed E-state index contributed by atoms with van der Waals surface area (Å²) in [6.45, 7) is 5.73. The highest BCUT2D eigenvalue weighted by Gasteiger charge is 2.05. The Labute approximate surface area is 106 Å². The minimum atomic E-state index is 0.398. The minimum absolute atomic E-state index is 0.398. The summed E-state index contributed by atoms with van der Waals surface area (Å²) in [5.74, 6) is 1.53. The van der Waals surface area contributed by atoms with Gasteiger partial charge in [0.15, 0.2) is 5.76 Å². The second-order valence-electron chi connectivity index (χ2n) is 4.39.